The second-order valence-electron chi connectivity index (χ2n) is 7.90. The molecular formula is C20H27F2N5O4S. The van der Waals surface area contributed by atoms with Gasteiger partial charge in [-0.2, -0.15) is 0 Å². The quantitative estimate of drug-likeness (QED) is 0.628. The number of anilines is 1. The summed E-state index contributed by atoms with van der Waals surface area (Å²) in [4.78, 5) is 20.1. The summed E-state index contributed by atoms with van der Waals surface area (Å²) in [6.07, 6.45) is 3.40. The first-order chi connectivity index (χ1) is 15.1. The van der Waals surface area contributed by atoms with Crippen LogP contribution >= 0.6 is 0 Å². The van der Waals surface area contributed by atoms with Crippen molar-refractivity contribution in [2.24, 2.45) is 0 Å². The fourth-order valence-electron chi connectivity index (χ4n) is 3.50. The van der Waals surface area contributed by atoms with Gasteiger partial charge in [-0.05, 0) is 32.8 Å². The summed E-state index contributed by atoms with van der Waals surface area (Å²) >= 11 is 0. The number of pyridine rings is 1. The van der Waals surface area contributed by atoms with Crippen LogP contribution in [0.25, 0.3) is 11.3 Å². The highest BCUT2D eigenvalue weighted by atomic mass is 32.2. The average Bonchev–Trinajstić information content (AvgIpc) is 2.75. The van der Waals surface area contributed by atoms with Crippen molar-refractivity contribution in [1.29, 1.82) is 0 Å². The van der Waals surface area contributed by atoms with E-state index in [1.807, 2.05) is 0 Å². The molecule has 9 nitrogen and oxygen atoms in total. The Morgan fingerprint density at radius 2 is 1.94 bits per heavy atom. The third-order valence-corrected chi connectivity index (χ3v) is 7.13. The van der Waals surface area contributed by atoms with Gasteiger partial charge in [0.15, 0.2) is 11.6 Å². The van der Waals surface area contributed by atoms with Crippen LogP contribution in [0.15, 0.2) is 23.3 Å². The largest absolute Gasteiger partial charge is 0.384 e. The Morgan fingerprint density at radius 3 is 2.56 bits per heavy atom. The number of hydrogen-bond donors (Lipinski definition) is 1. The van der Waals surface area contributed by atoms with E-state index in [9.17, 15) is 22.0 Å². The van der Waals surface area contributed by atoms with Gasteiger partial charge in [-0.1, -0.05) is 0 Å². The summed E-state index contributed by atoms with van der Waals surface area (Å²) in [6, 6.07) is 0.535. The van der Waals surface area contributed by atoms with Crippen LogP contribution < -0.4 is 10.9 Å². The van der Waals surface area contributed by atoms with Gasteiger partial charge in [0.05, 0.1) is 18.6 Å². The molecular weight excluding hydrogens is 444 g/mol. The predicted octanol–water partition coefficient (Wildman–Crippen LogP) is 2.02. The van der Waals surface area contributed by atoms with Crippen molar-refractivity contribution in [3.8, 4) is 11.3 Å². The SMILES string of the molecule is COCCS(=O)(=O)N1CCC(Nc2ncc(F)c(-c3cc(F)c(=O)n(C(C)C)c3)n2)CC1. The van der Waals surface area contributed by atoms with Gasteiger partial charge in [0.2, 0.25) is 16.0 Å². The summed E-state index contributed by atoms with van der Waals surface area (Å²) in [7, 11) is -1.92. The van der Waals surface area contributed by atoms with E-state index in [-0.39, 0.29) is 41.6 Å². The number of hydrogen-bond acceptors (Lipinski definition) is 7. The molecule has 12 heteroatoms. The molecule has 0 radical (unpaired) electrons. The number of ether oxygens (including phenoxy) is 1. The summed E-state index contributed by atoms with van der Waals surface area (Å²) in [5.41, 5.74) is -0.794. The van der Waals surface area contributed by atoms with Crippen LogP contribution in [-0.2, 0) is 14.8 Å². The van der Waals surface area contributed by atoms with Gasteiger partial charge < -0.3 is 14.6 Å². The van der Waals surface area contributed by atoms with Crippen molar-refractivity contribution >= 4 is 16.0 Å². The minimum absolute atomic E-state index is 0.0683. The Morgan fingerprint density at radius 1 is 1.25 bits per heavy atom. The minimum Gasteiger partial charge on any atom is -0.384 e. The Labute approximate surface area is 185 Å². The second kappa shape index (κ2) is 10.0. The molecule has 0 bridgehead atoms. The molecule has 0 atom stereocenters. The molecule has 3 rings (SSSR count). The Kier molecular flexibility index (Phi) is 7.57. The normalized spacial score (nSPS) is 15.9. The molecule has 1 aliphatic heterocycles. The summed E-state index contributed by atoms with van der Waals surface area (Å²) < 4.78 is 60.6. The van der Waals surface area contributed by atoms with E-state index >= 15 is 0 Å². The Bertz CT molecular complexity index is 1120. The number of nitrogens with one attached hydrogen (secondary N) is 1. The zero-order valence-corrected chi connectivity index (χ0v) is 19.0. The maximum atomic E-state index is 14.4. The number of methoxy groups -OCH3 is 1. The molecule has 0 aromatic carbocycles. The average molecular weight is 472 g/mol. The monoisotopic (exact) mass is 471 g/mol. The fourth-order valence-corrected chi connectivity index (χ4v) is 4.90. The van der Waals surface area contributed by atoms with Gasteiger partial charge >= 0.3 is 0 Å². The number of aromatic nitrogens is 3. The molecule has 2 aromatic rings. The molecule has 1 fully saturated rings. The van der Waals surface area contributed by atoms with E-state index in [1.165, 1.54) is 22.2 Å². The van der Waals surface area contributed by atoms with Crippen LogP contribution in [0.5, 0.6) is 0 Å². The molecule has 0 amide bonds. The van der Waals surface area contributed by atoms with E-state index in [1.54, 1.807) is 13.8 Å². The first-order valence-electron chi connectivity index (χ1n) is 10.3. The Hall–Kier alpha value is -2.44. The summed E-state index contributed by atoms with van der Waals surface area (Å²) in [5.74, 6) is -1.67. The highest BCUT2D eigenvalue weighted by molar-refractivity contribution is 7.89. The van der Waals surface area contributed by atoms with Crippen LogP contribution in [0.3, 0.4) is 0 Å². The van der Waals surface area contributed by atoms with Gasteiger partial charge in [0, 0.05) is 44.0 Å². The molecule has 1 saturated heterocycles. The maximum Gasteiger partial charge on any atom is 0.286 e. The highest BCUT2D eigenvalue weighted by Crippen LogP contribution is 2.23. The van der Waals surface area contributed by atoms with E-state index < -0.39 is 27.2 Å². The van der Waals surface area contributed by atoms with Crippen LogP contribution in [0.2, 0.25) is 0 Å². The molecule has 0 saturated carbocycles. The molecule has 32 heavy (non-hydrogen) atoms. The van der Waals surface area contributed by atoms with Crippen molar-refractivity contribution in [3.05, 3.63) is 40.4 Å². The standard InChI is InChI=1S/C20H27F2N5O4S/c1-13(2)27-12-14(10-16(21)19(27)28)18-17(22)11-23-20(25-18)24-15-4-6-26(7-5-15)32(29,30)9-8-31-3/h10-13,15H,4-9H2,1-3H3,(H,23,24,25). The molecule has 1 aliphatic rings. The van der Waals surface area contributed by atoms with Crippen LogP contribution in [0, 0.1) is 11.6 Å². The molecule has 1 N–H and O–H groups in total. The lowest BCUT2D eigenvalue weighted by atomic mass is 10.1. The van der Waals surface area contributed by atoms with Crippen molar-refractivity contribution in [2.75, 3.05) is 37.9 Å². The van der Waals surface area contributed by atoms with Gasteiger partial charge in [0.1, 0.15) is 5.69 Å². The molecule has 0 aliphatic carbocycles. The second-order valence-corrected chi connectivity index (χ2v) is 9.99. The zero-order chi connectivity index (χ0) is 23.5. The zero-order valence-electron chi connectivity index (χ0n) is 18.2. The lowest BCUT2D eigenvalue weighted by molar-refractivity contribution is 0.214. The van der Waals surface area contributed by atoms with Gasteiger partial charge in [-0.25, -0.2) is 31.5 Å². The third kappa shape index (κ3) is 5.48. The van der Waals surface area contributed by atoms with Crippen molar-refractivity contribution in [1.82, 2.24) is 18.8 Å². The molecule has 2 aromatic heterocycles. The van der Waals surface area contributed by atoms with Gasteiger partial charge in [-0.3, -0.25) is 4.79 Å². The number of sulfonamides is 1. The summed E-state index contributed by atoms with van der Waals surface area (Å²) in [5, 5.41) is 3.10. The van der Waals surface area contributed by atoms with Crippen molar-refractivity contribution in [3.63, 3.8) is 0 Å². The lowest BCUT2D eigenvalue weighted by Gasteiger charge is -2.31. The van der Waals surface area contributed by atoms with Crippen LogP contribution in [0.1, 0.15) is 32.7 Å². The Balaban J connectivity index is 1.75. The fraction of sp³-hybridized carbons (Fsp3) is 0.550. The van der Waals surface area contributed by atoms with E-state index in [2.05, 4.69) is 15.3 Å². The first kappa shape index (κ1) is 24.2. The third-order valence-electron chi connectivity index (χ3n) is 5.30. The first-order valence-corrected chi connectivity index (χ1v) is 11.9. The predicted molar refractivity (Wildman–Crippen MR) is 116 cm³/mol. The van der Waals surface area contributed by atoms with Gasteiger partial charge in [0.25, 0.3) is 5.56 Å². The molecule has 0 unspecified atom stereocenters. The summed E-state index contributed by atoms with van der Waals surface area (Å²) in [6.45, 7) is 4.24. The number of rotatable bonds is 8. The maximum absolute atomic E-state index is 14.4. The molecule has 176 valence electrons. The number of nitrogens with zero attached hydrogens (tertiary/aromatic N) is 4. The molecule has 0 spiro atoms. The minimum atomic E-state index is -3.37. The topological polar surface area (TPSA) is 106 Å². The smallest absolute Gasteiger partial charge is 0.286 e. The number of halogens is 2. The van der Waals surface area contributed by atoms with Gasteiger partial charge in [-0.15, -0.1) is 0 Å². The number of piperidine rings is 1. The lowest BCUT2D eigenvalue weighted by Crippen LogP contribution is -2.43. The van der Waals surface area contributed by atoms with E-state index in [0.717, 1.165) is 12.3 Å². The van der Waals surface area contributed by atoms with Crippen LogP contribution in [-0.4, -0.2) is 65.9 Å². The highest BCUT2D eigenvalue weighted by Gasteiger charge is 2.28. The van der Waals surface area contributed by atoms with E-state index in [0.29, 0.717) is 25.9 Å². The van der Waals surface area contributed by atoms with Crippen LogP contribution in [0.4, 0.5) is 14.7 Å². The van der Waals surface area contributed by atoms with Crippen molar-refractivity contribution < 1.29 is 21.9 Å². The van der Waals surface area contributed by atoms with E-state index in [4.69, 9.17) is 4.74 Å². The molecule has 3 heterocycles. The van der Waals surface area contributed by atoms with Crippen molar-refractivity contribution in [2.45, 2.75) is 38.8 Å².